The summed E-state index contributed by atoms with van der Waals surface area (Å²) in [6.07, 6.45) is 0. The lowest BCUT2D eigenvalue weighted by molar-refractivity contribution is 0.0687. The van der Waals surface area contributed by atoms with Crippen LogP contribution in [0.15, 0.2) is 36.4 Å². The SMILES string of the molecule is COc1ccc(-c2cc(C(=O)O)n3nc(C)cc3n2)cc1. The molecule has 0 saturated heterocycles. The fraction of sp³-hybridized carbons (Fsp3) is 0.133. The number of hydrogen-bond acceptors (Lipinski definition) is 4. The summed E-state index contributed by atoms with van der Waals surface area (Å²) >= 11 is 0. The number of aromatic carboxylic acids is 1. The number of aromatic nitrogens is 3. The van der Waals surface area contributed by atoms with Gasteiger partial charge in [0.05, 0.1) is 18.5 Å². The Kier molecular flexibility index (Phi) is 3.06. The van der Waals surface area contributed by atoms with E-state index in [0.717, 1.165) is 17.0 Å². The number of carboxylic acids is 1. The first kappa shape index (κ1) is 13.1. The molecule has 1 aromatic carbocycles. The summed E-state index contributed by atoms with van der Waals surface area (Å²) in [5, 5.41) is 13.5. The third-order valence-electron chi connectivity index (χ3n) is 3.15. The highest BCUT2D eigenvalue weighted by molar-refractivity contribution is 5.88. The average Bonchev–Trinajstić information content (AvgIpc) is 2.86. The highest BCUT2D eigenvalue weighted by Gasteiger charge is 2.14. The van der Waals surface area contributed by atoms with Gasteiger partial charge >= 0.3 is 5.97 Å². The molecule has 0 spiro atoms. The van der Waals surface area contributed by atoms with Gasteiger partial charge < -0.3 is 9.84 Å². The van der Waals surface area contributed by atoms with Crippen LogP contribution in [-0.2, 0) is 0 Å². The quantitative estimate of drug-likeness (QED) is 0.798. The predicted molar refractivity (Wildman–Crippen MR) is 76.7 cm³/mol. The van der Waals surface area contributed by atoms with Crippen LogP contribution in [0.25, 0.3) is 16.9 Å². The number of nitrogens with zero attached hydrogens (tertiary/aromatic N) is 3. The maximum Gasteiger partial charge on any atom is 0.354 e. The maximum atomic E-state index is 11.4. The van der Waals surface area contributed by atoms with Gasteiger partial charge in [-0.25, -0.2) is 14.3 Å². The Labute approximate surface area is 120 Å². The molecule has 6 heteroatoms. The van der Waals surface area contributed by atoms with Crippen molar-refractivity contribution in [2.75, 3.05) is 7.11 Å². The van der Waals surface area contributed by atoms with E-state index < -0.39 is 5.97 Å². The fourth-order valence-electron chi connectivity index (χ4n) is 2.15. The third kappa shape index (κ3) is 2.31. The van der Waals surface area contributed by atoms with Crippen LogP contribution in [0, 0.1) is 6.92 Å². The molecule has 0 amide bonds. The van der Waals surface area contributed by atoms with Crippen molar-refractivity contribution in [3.05, 3.63) is 47.8 Å². The molecular formula is C15H13N3O3. The molecule has 0 fully saturated rings. The summed E-state index contributed by atoms with van der Waals surface area (Å²) in [6, 6.07) is 10.6. The predicted octanol–water partition coefficient (Wildman–Crippen LogP) is 2.41. The number of benzene rings is 1. The van der Waals surface area contributed by atoms with E-state index in [0.29, 0.717) is 11.3 Å². The Balaban J connectivity index is 2.19. The molecule has 0 unspecified atom stereocenters. The standard InChI is InChI=1S/C15H13N3O3/c1-9-7-14-16-12(8-13(15(19)20)18(14)17-9)10-3-5-11(21-2)6-4-10/h3-8H,1-2H3,(H,19,20). The van der Waals surface area contributed by atoms with Crippen LogP contribution in [0.5, 0.6) is 5.75 Å². The van der Waals surface area contributed by atoms with Gasteiger partial charge in [-0.15, -0.1) is 0 Å². The van der Waals surface area contributed by atoms with Crippen LogP contribution in [0.3, 0.4) is 0 Å². The lowest BCUT2D eigenvalue weighted by atomic mass is 10.1. The minimum Gasteiger partial charge on any atom is -0.497 e. The number of methoxy groups -OCH3 is 1. The van der Waals surface area contributed by atoms with Crippen LogP contribution >= 0.6 is 0 Å². The van der Waals surface area contributed by atoms with Crippen LogP contribution < -0.4 is 4.74 Å². The molecule has 0 saturated carbocycles. The molecule has 0 aliphatic heterocycles. The van der Waals surface area contributed by atoms with Gasteiger partial charge in [-0.3, -0.25) is 0 Å². The summed E-state index contributed by atoms with van der Waals surface area (Å²) in [6.45, 7) is 1.80. The molecular weight excluding hydrogens is 270 g/mol. The Morgan fingerprint density at radius 3 is 2.57 bits per heavy atom. The van der Waals surface area contributed by atoms with Crippen molar-refractivity contribution in [2.45, 2.75) is 6.92 Å². The monoisotopic (exact) mass is 283 g/mol. The molecule has 3 aromatic rings. The minimum atomic E-state index is -1.04. The van der Waals surface area contributed by atoms with Gasteiger partial charge in [0, 0.05) is 11.6 Å². The molecule has 2 heterocycles. The van der Waals surface area contributed by atoms with Gasteiger partial charge in [0.25, 0.3) is 0 Å². The van der Waals surface area contributed by atoms with E-state index in [1.54, 1.807) is 20.1 Å². The fourth-order valence-corrected chi connectivity index (χ4v) is 2.15. The second-order valence-corrected chi connectivity index (χ2v) is 4.62. The number of hydrogen-bond donors (Lipinski definition) is 1. The van der Waals surface area contributed by atoms with E-state index in [1.165, 1.54) is 10.6 Å². The Bertz CT molecular complexity index is 822. The van der Waals surface area contributed by atoms with Crippen LogP contribution in [-0.4, -0.2) is 32.8 Å². The van der Waals surface area contributed by atoms with Gasteiger partial charge in [0.2, 0.25) is 0 Å². The summed E-state index contributed by atoms with van der Waals surface area (Å²) in [4.78, 5) is 15.9. The maximum absolute atomic E-state index is 11.4. The lowest BCUT2D eigenvalue weighted by Gasteiger charge is -2.06. The molecule has 106 valence electrons. The summed E-state index contributed by atoms with van der Waals surface area (Å²) in [5.74, 6) is -0.307. The highest BCUT2D eigenvalue weighted by atomic mass is 16.5. The van der Waals surface area contributed by atoms with Crippen LogP contribution in [0.1, 0.15) is 16.2 Å². The zero-order valence-corrected chi connectivity index (χ0v) is 11.6. The molecule has 3 rings (SSSR count). The van der Waals surface area contributed by atoms with E-state index in [4.69, 9.17) is 4.74 Å². The van der Waals surface area contributed by atoms with Crippen LogP contribution in [0.2, 0.25) is 0 Å². The van der Waals surface area contributed by atoms with E-state index >= 15 is 0 Å². The number of aryl methyl sites for hydroxylation is 1. The Morgan fingerprint density at radius 1 is 1.24 bits per heavy atom. The smallest absolute Gasteiger partial charge is 0.354 e. The number of carboxylic acid groups (broad SMARTS) is 1. The van der Waals surface area contributed by atoms with E-state index in [-0.39, 0.29) is 5.69 Å². The van der Waals surface area contributed by atoms with Crippen molar-refractivity contribution >= 4 is 11.6 Å². The van der Waals surface area contributed by atoms with Crippen molar-refractivity contribution in [1.29, 1.82) is 0 Å². The zero-order valence-electron chi connectivity index (χ0n) is 11.6. The molecule has 1 N–H and O–H groups in total. The molecule has 0 aliphatic carbocycles. The summed E-state index contributed by atoms with van der Waals surface area (Å²) < 4.78 is 6.45. The third-order valence-corrected chi connectivity index (χ3v) is 3.15. The van der Waals surface area contributed by atoms with Gasteiger partial charge in [0.15, 0.2) is 11.3 Å². The van der Waals surface area contributed by atoms with E-state index in [1.807, 2.05) is 24.3 Å². The number of ether oxygens (including phenoxy) is 1. The average molecular weight is 283 g/mol. The number of fused-ring (bicyclic) bond motifs is 1. The number of carbonyl (C=O) groups is 1. The molecule has 21 heavy (non-hydrogen) atoms. The van der Waals surface area contributed by atoms with Gasteiger partial charge in [-0.05, 0) is 37.3 Å². The Morgan fingerprint density at radius 2 is 1.95 bits per heavy atom. The van der Waals surface area contributed by atoms with Crippen molar-refractivity contribution in [3.63, 3.8) is 0 Å². The summed E-state index contributed by atoms with van der Waals surface area (Å²) in [5.41, 5.74) is 2.72. The van der Waals surface area contributed by atoms with Crippen molar-refractivity contribution in [1.82, 2.24) is 14.6 Å². The van der Waals surface area contributed by atoms with Gasteiger partial charge in [-0.1, -0.05) is 0 Å². The molecule has 0 aliphatic rings. The topological polar surface area (TPSA) is 76.7 Å². The normalized spacial score (nSPS) is 10.8. The van der Waals surface area contributed by atoms with E-state index in [2.05, 4.69) is 10.1 Å². The molecule has 6 nitrogen and oxygen atoms in total. The van der Waals surface area contributed by atoms with Crippen molar-refractivity contribution in [3.8, 4) is 17.0 Å². The minimum absolute atomic E-state index is 0.0823. The first-order valence-electron chi connectivity index (χ1n) is 6.33. The zero-order chi connectivity index (χ0) is 15.0. The molecule has 2 aromatic heterocycles. The summed E-state index contributed by atoms with van der Waals surface area (Å²) in [7, 11) is 1.59. The molecule has 0 atom stereocenters. The Hall–Kier alpha value is -2.89. The highest BCUT2D eigenvalue weighted by Crippen LogP contribution is 2.23. The van der Waals surface area contributed by atoms with E-state index in [9.17, 15) is 9.90 Å². The number of rotatable bonds is 3. The van der Waals surface area contributed by atoms with Gasteiger partial charge in [-0.2, -0.15) is 5.10 Å². The van der Waals surface area contributed by atoms with Crippen LogP contribution in [0.4, 0.5) is 0 Å². The molecule has 0 radical (unpaired) electrons. The van der Waals surface area contributed by atoms with Crippen molar-refractivity contribution in [2.24, 2.45) is 0 Å². The molecule has 0 bridgehead atoms. The van der Waals surface area contributed by atoms with Gasteiger partial charge in [0.1, 0.15) is 5.75 Å². The second kappa shape index (κ2) is 4.90. The first-order valence-corrected chi connectivity index (χ1v) is 6.33. The van der Waals surface area contributed by atoms with Crippen molar-refractivity contribution < 1.29 is 14.6 Å². The first-order chi connectivity index (χ1) is 10.1. The second-order valence-electron chi connectivity index (χ2n) is 4.62. The lowest BCUT2D eigenvalue weighted by Crippen LogP contribution is -2.08. The largest absolute Gasteiger partial charge is 0.497 e.